The molecule has 0 saturated carbocycles. The van der Waals surface area contributed by atoms with Gasteiger partial charge in [0.25, 0.3) is 0 Å². The quantitative estimate of drug-likeness (QED) is 0.645. The van der Waals surface area contributed by atoms with E-state index >= 15 is 0 Å². The molecule has 1 N–H and O–H groups in total. The second-order valence-corrected chi connectivity index (χ2v) is 6.77. The number of methoxy groups -OCH3 is 1. The van der Waals surface area contributed by atoms with Crippen LogP contribution < -0.4 is 24.4 Å². The molecular formula is C22H20O7. The molecule has 0 saturated heterocycles. The summed E-state index contributed by atoms with van der Waals surface area (Å²) in [5.41, 5.74) is 1.35. The Kier molecular flexibility index (Phi) is 4.80. The fourth-order valence-corrected chi connectivity index (χ4v) is 3.03. The Morgan fingerprint density at radius 2 is 1.97 bits per heavy atom. The van der Waals surface area contributed by atoms with Gasteiger partial charge in [0.05, 0.1) is 7.11 Å². The number of hydrogen-bond acceptors (Lipinski definition) is 7. The minimum atomic E-state index is -0.471. The monoisotopic (exact) mass is 396 g/mol. The van der Waals surface area contributed by atoms with Gasteiger partial charge in [-0.25, -0.2) is 0 Å². The van der Waals surface area contributed by atoms with E-state index in [0.29, 0.717) is 22.8 Å². The van der Waals surface area contributed by atoms with Crippen molar-refractivity contribution in [2.75, 3.05) is 20.5 Å². The molecular weight excluding hydrogens is 376 g/mol. The standard InChI is InChI=1S/C22H20O7/c1-12(2)6-7-26-22-20(24)19-15(23)9-14(25-3)10-18(19)29-21(22)13-4-5-16-17(8-13)28-11-27-16/h4-6,8-10,23H,7,11H2,1-3H3. The number of phenols is 1. The second kappa shape index (κ2) is 7.43. The molecule has 0 radical (unpaired) electrons. The molecule has 7 nitrogen and oxygen atoms in total. The van der Waals surface area contributed by atoms with Gasteiger partial charge in [0, 0.05) is 17.7 Å². The van der Waals surface area contributed by atoms with Crippen molar-refractivity contribution in [3.8, 4) is 40.1 Å². The molecule has 0 atom stereocenters. The van der Waals surface area contributed by atoms with Crippen LogP contribution in [0.4, 0.5) is 0 Å². The first-order valence-corrected chi connectivity index (χ1v) is 9.02. The number of rotatable bonds is 5. The molecule has 2 aromatic carbocycles. The minimum absolute atomic E-state index is 0.00864. The van der Waals surface area contributed by atoms with E-state index in [1.165, 1.54) is 13.2 Å². The minimum Gasteiger partial charge on any atom is -0.507 e. The van der Waals surface area contributed by atoms with Gasteiger partial charge in [-0.2, -0.15) is 0 Å². The normalized spacial score (nSPS) is 12.1. The molecule has 29 heavy (non-hydrogen) atoms. The summed E-state index contributed by atoms with van der Waals surface area (Å²) in [5, 5.41) is 10.4. The molecule has 1 aromatic heterocycles. The fourth-order valence-electron chi connectivity index (χ4n) is 3.03. The van der Waals surface area contributed by atoms with Crippen molar-refractivity contribution in [3.63, 3.8) is 0 Å². The molecule has 0 aliphatic carbocycles. The highest BCUT2D eigenvalue weighted by Gasteiger charge is 2.23. The Morgan fingerprint density at radius 1 is 1.17 bits per heavy atom. The van der Waals surface area contributed by atoms with Gasteiger partial charge < -0.3 is 28.5 Å². The third kappa shape index (κ3) is 3.47. The van der Waals surface area contributed by atoms with Gasteiger partial charge >= 0.3 is 0 Å². The SMILES string of the molecule is COc1cc(O)c2c(=O)c(OCC=C(C)C)c(-c3ccc4c(c3)OCO4)oc2c1. The Bertz CT molecular complexity index is 1170. The predicted octanol–water partition coefficient (Wildman–Crippen LogP) is 4.25. The molecule has 0 spiro atoms. The van der Waals surface area contributed by atoms with Gasteiger partial charge in [-0.1, -0.05) is 5.57 Å². The smallest absolute Gasteiger partial charge is 0.239 e. The topological polar surface area (TPSA) is 87.4 Å². The number of aromatic hydroxyl groups is 1. The van der Waals surface area contributed by atoms with E-state index in [0.717, 1.165) is 5.57 Å². The van der Waals surface area contributed by atoms with E-state index in [-0.39, 0.29) is 41.6 Å². The first-order valence-electron chi connectivity index (χ1n) is 9.02. The lowest BCUT2D eigenvalue weighted by molar-refractivity contribution is 0.174. The highest BCUT2D eigenvalue weighted by molar-refractivity contribution is 5.88. The second-order valence-electron chi connectivity index (χ2n) is 6.77. The van der Waals surface area contributed by atoms with Crippen LogP contribution in [0.25, 0.3) is 22.3 Å². The fraction of sp³-hybridized carbons (Fsp3) is 0.227. The van der Waals surface area contributed by atoms with Gasteiger partial charge in [-0.3, -0.25) is 4.79 Å². The number of benzene rings is 2. The van der Waals surface area contributed by atoms with Crippen LogP contribution in [0.1, 0.15) is 13.8 Å². The van der Waals surface area contributed by atoms with Crippen LogP contribution in [-0.4, -0.2) is 25.6 Å². The summed E-state index contributed by atoms with van der Waals surface area (Å²) in [6.45, 7) is 4.19. The van der Waals surface area contributed by atoms with E-state index in [4.69, 9.17) is 23.4 Å². The molecule has 1 aliphatic rings. The van der Waals surface area contributed by atoms with E-state index in [1.54, 1.807) is 24.3 Å². The van der Waals surface area contributed by atoms with Crippen molar-refractivity contribution in [1.29, 1.82) is 0 Å². The van der Waals surface area contributed by atoms with E-state index < -0.39 is 5.43 Å². The average molecular weight is 396 g/mol. The molecule has 2 heterocycles. The number of fused-ring (bicyclic) bond motifs is 2. The van der Waals surface area contributed by atoms with Gasteiger partial charge in [0.1, 0.15) is 29.1 Å². The van der Waals surface area contributed by atoms with E-state index in [1.807, 2.05) is 19.9 Å². The van der Waals surface area contributed by atoms with Crippen LogP contribution in [0.15, 0.2) is 51.2 Å². The number of phenolic OH excluding ortho intramolecular Hbond substituents is 1. The Balaban J connectivity index is 1.94. The zero-order chi connectivity index (χ0) is 20.5. The van der Waals surface area contributed by atoms with Crippen LogP contribution in [0, 0.1) is 0 Å². The molecule has 0 fully saturated rings. The largest absolute Gasteiger partial charge is 0.507 e. The summed E-state index contributed by atoms with van der Waals surface area (Å²) in [4.78, 5) is 13.2. The molecule has 4 rings (SSSR count). The first kappa shape index (κ1) is 18.7. The van der Waals surface area contributed by atoms with Crippen molar-refractivity contribution in [3.05, 3.63) is 52.2 Å². The van der Waals surface area contributed by atoms with Crippen molar-refractivity contribution in [1.82, 2.24) is 0 Å². The molecule has 7 heteroatoms. The molecule has 0 amide bonds. The van der Waals surface area contributed by atoms with Crippen molar-refractivity contribution >= 4 is 11.0 Å². The predicted molar refractivity (Wildman–Crippen MR) is 107 cm³/mol. The van der Waals surface area contributed by atoms with E-state index in [2.05, 4.69) is 0 Å². The maximum absolute atomic E-state index is 13.2. The summed E-state index contributed by atoms with van der Waals surface area (Å²) < 4.78 is 27.7. The van der Waals surface area contributed by atoms with E-state index in [9.17, 15) is 9.90 Å². The van der Waals surface area contributed by atoms with Crippen molar-refractivity contribution < 1.29 is 28.5 Å². The van der Waals surface area contributed by atoms with Crippen LogP contribution >= 0.6 is 0 Å². The van der Waals surface area contributed by atoms with Crippen LogP contribution in [0.3, 0.4) is 0 Å². The Morgan fingerprint density at radius 3 is 2.72 bits per heavy atom. The summed E-state index contributed by atoms with van der Waals surface area (Å²) in [6, 6.07) is 8.13. The molecule has 3 aromatic rings. The Hall–Kier alpha value is -3.61. The number of hydrogen-bond donors (Lipinski definition) is 1. The zero-order valence-electron chi connectivity index (χ0n) is 16.3. The first-order chi connectivity index (χ1) is 14.0. The maximum Gasteiger partial charge on any atom is 0.239 e. The third-order valence-electron chi connectivity index (χ3n) is 4.50. The summed E-state index contributed by atoms with van der Waals surface area (Å²) in [7, 11) is 1.47. The third-order valence-corrected chi connectivity index (χ3v) is 4.50. The highest BCUT2D eigenvalue weighted by Crippen LogP contribution is 2.40. The number of allylic oxidation sites excluding steroid dienone is 1. The summed E-state index contributed by atoms with van der Waals surface area (Å²) in [6.07, 6.45) is 1.85. The van der Waals surface area contributed by atoms with Crippen LogP contribution in [-0.2, 0) is 0 Å². The number of ether oxygens (including phenoxy) is 4. The lowest BCUT2D eigenvalue weighted by Gasteiger charge is -2.12. The molecule has 1 aliphatic heterocycles. The van der Waals surface area contributed by atoms with Crippen molar-refractivity contribution in [2.45, 2.75) is 13.8 Å². The van der Waals surface area contributed by atoms with Crippen molar-refractivity contribution in [2.24, 2.45) is 0 Å². The molecule has 0 bridgehead atoms. The summed E-state index contributed by atoms with van der Waals surface area (Å²) in [5.74, 6) is 1.53. The van der Waals surface area contributed by atoms with Gasteiger partial charge in [0.2, 0.25) is 18.0 Å². The zero-order valence-corrected chi connectivity index (χ0v) is 16.3. The lowest BCUT2D eigenvalue weighted by Crippen LogP contribution is -2.11. The molecule has 150 valence electrons. The highest BCUT2D eigenvalue weighted by atomic mass is 16.7. The maximum atomic E-state index is 13.2. The molecule has 0 unspecified atom stereocenters. The van der Waals surface area contributed by atoms with Crippen LogP contribution in [0.2, 0.25) is 0 Å². The average Bonchev–Trinajstić information content (AvgIpc) is 3.16. The van der Waals surface area contributed by atoms with Gasteiger partial charge in [-0.05, 0) is 38.1 Å². The van der Waals surface area contributed by atoms with Gasteiger partial charge in [0.15, 0.2) is 17.3 Å². The summed E-state index contributed by atoms with van der Waals surface area (Å²) >= 11 is 0. The lowest BCUT2D eigenvalue weighted by atomic mass is 10.1. The van der Waals surface area contributed by atoms with Gasteiger partial charge in [-0.15, -0.1) is 0 Å². The van der Waals surface area contributed by atoms with Crippen LogP contribution in [0.5, 0.6) is 28.7 Å². The Labute approximate surface area is 166 Å².